The molecule has 21 heavy (non-hydrogen) atoms. The molecule has 0 bridgehead atoms. The first-order valence-corrected chi connectivity index (χ1v) is 7.44. The van der Waals surface area contributed by atoms with E-state index < -0.39 is 0 Å². The Kier molecular flexibility index (Phi) is 5.34. The van der Waals surface area contributed by atoms with E-state index in [4.69, 9.17) is 11.6 Å². The van der Waals surface area contributed by atoms with Gasteiger partial charge >= 0.3 is 0 Å². The van der Waals surface area contributed by atoms with E-state index in [0.29, 0.717) is 23.8 Å². The van der Waals surface area contributed by atoms with Crippen LogP contribution in [0.5, 0.6) is 0 Å². The zero-order chi connectivity index (χ0) is 15.2. The minimum atomic E-state index is -0.0834. The first kappa shape index (κ1) is 15.5. The number of carbonyl (C=O) groups excluding carboxylic acids is 1. The fourth-order valence-corrected chi connectivity index (χ4v) is 2.28. The fourth-order valence-electron chi connectivity index (χ4n) is 2.12. The lowest BCUT2D eigenvalue weighted by Gasteiger charge is -2.22. The SMILES string of the molecule is CCCN(Cc1ccc(C)cc1)C(=O)c1cc(Cl)ccn1. The maximum absolute atomic E-state index is 12.6. The molecule has 3 nitrogen and oxygen atoms in total. The predicted molar refractivity (Wildman–Crippen MR) is 85.5 cm³/mol. The summed E-state index contributed by atoms with van der Waals surface area (Å²) in [5.41, 5.74) is 2.72. The number of rotatable bonds is 5. The number of benzene rings is 1. The second-order valence-electron chi connectivity index (χ2n) is 5.07. The molecule has 1 amide bonds. The highest BCUT2D eigenvalue weighted by molar-refractivity contribution is 6.30. The number of hydrogen-bond acceptors (Lipinski definition) is 2. The molecule has 1 aromatic carbocycles. The second kappa shape index (κ2) is 7.23. The van der Waals surface area contributed by atoms with Gasteiger partial charge in [-0.3, -0.25) is 9.78 Å². The van der Waals surface area contributed by atoms with E-state index in [2.05, 4.69) is 43.1 Å². The molecule has 0 saturated carbocycles. The molecule has 2 aromatic rings. The van der Waals surface area contributed by atoms with Crippen molar-refractivity contribution in [3.8, 4) is 0 Å². The van der Waals surface area contributed by atoms with E-state index in [1.54, 1.807) is 18.3 Å². The molecule has 0 radical (unpaired) electrons. The maximum atomic E-state index is 12.6. The Hall–Kier alpha value is -1.87. The van der Waals surface area contributed by atoms with Crippen molar-refractivity contribution in [2.45, 2.75) is 26.8 Å². The largest absolute Gasteiger partial charge is 0.333 e. The van der Waals surface area contributed by atoms with Gasteiger partial charge in [0.15, 0.2) is 0 Å². The van der Waals surface area contributed by atoms with E-state index in [0.717, 1.165) is 12.0 Å². The average molecular weight is 303 g/mol. The van der Waals surface area contributed by atoms with Crippen LogP contribution in [0.2, 0.25) is 5.02 Å². The lowest BCUT2D eigenvalue weighted by atomic mass is 10.1. The van der Waals surface area contributed by atoms with Crippen LogP contribution in [0.25, 0.3) is 0 Å². The van der Waals surface area contributed by atoms with E-state index in [9.17, 15) is 4.79 Å². The van der Waals surface area contributed by atoms with Crippen LogP contribution in [0.4, 0.5) is 0 Å². The Morgan fingerprint density at radius 2 is 1.95 bits per heavy atom. The van der Waals surface area contributed by atoms with E-state index in [1.807, 2.05) is 4.90 Å². The minimum absolute atomic E-state index is 0.0834. The number of aryl methyl sites for hydroxylation is 1. The van der Waals surface area contributed by atoms with Crippen molar-refractivity contribution >= 4 is 17.5 Å². The Balaban J connectivity index is 2.18. The molecule has 0 fully saturated rings. The smallest absolute Gasteiger partial charge is 0.272 e. The third-order valence-corrected chi connectivity index (χ3v) is 3.45. The summed E-state index contributed by atoms with van der Waals surface area (Å²) < 4.78 is 0. The quantitative estimate of drug-likeness (QED) is 0.833. The van der Waals surface area contributed by atoms with Gasteiger partial charge in [0.25, 0.3) is 5.91 Å². The summed E-state index contributed by atoms with van der Waals surface area (Å²) in [7, 11) is 0. The molecule has 110 valence electrons. The first-order valence-electron chi connectivity index (χ1n) is 7.06. The molecular formula is C17H19ClN2O. The van der Waals surface area contributed by atoms with Crippen molar-refractivity contribution in [3.63, 3.8) is 0 Å². The average Bonchev–Trinajstić information content (AvgIpc) is 2.48. The summed E-state index contributed by atoms with van der Waals surface area (Å²) in [6, 6.07) is 11.5. The van der Waals surface area contributed by atoms with Gasteiger partial charge < -0.3 is 4.90 Å². The highest BCUT2D eigenvalue weighted by atomic mass is 35.5. The van der Waals surface area contributed by atoms with E-state index in [1.165, 1.54) is 5.56 Å². The van der Waals surface area contributed by atoms with Crippen LogP contribution in [0.1, 0.15) is 35.0 Å². The standard InChI is InChI=1S/C17H19ClN2O/c1-3-10-20(12-14-6-4-13(2)5-7-14)17(21)16-11-15(18)8-9-19-16/h4-9,11H,3,10,12H2,1-2H3. The summed E-state index contributed by atoms with van der Waals surface area (Å²) in [6.07, 6.45) is 2.46. The van der Waals surface area contributed by atoms with Crippen LogP contribution < -0.4 is 0 Å². The van der Waals surface area contributed by atoms with Gasteiger partial charge in [-0.05, 0) is 31.0 Å². The van der Waals surface area contributed by atoms with Crippen molar-refractivity contribution in [1.29, 1.82) is 0 Å². The maximum Gasteiger partial charge on any atom is 0.272 e. The number of aromatic nitrogens is 1. The topological polar surface area (TPSA) is 33.2 Å². The molecule has 0 aliphatic heterocycles. The summed E-state index contributed by atoms with van der Waals surface area (Å²) in [6.45, 7) is 5.39. The monoisotopic (exact) mass is 302 g/mol. The molecule has 1 heterocycles. The predicted octanol–water partition coefficient (Wildman–Crippen LogP) is 4.10. The molecule has 1 aromatic heterocycles. The van der Waals surface area contributed by atoms with Crippen molar-refractivity contribution in [2.24, 2.45) is 0 Å². The third-order valence-electron chi connectivity index (χ3n) is 3.22. The molecule has 2 rings (SSSR count). The molecule has 0 unspecified atom stereocenters. The lowest BCUT2D eigenvalue weighted by Crippen LogP contribution is -2.31. The fraction of sp³-hybridized carbons (Fsp3) is 0.294. The molecule has 4 heteroatoms. The molecule has 0 aliphatic rings. The van der Waals surface area contributed by atoms with Gasteiger partial charge in [0, 0.05) is 24.3 Å². The number of halogens is 1. The summed E-state index contributed by atoms with van der Waals surface area (Å²) in [5, 5.41) is 0.528. The number of pyridine rings is 1. The summed E-state index contributed by atoms with van der Waals surface area (Å²) in [5.74, 6) is -0.0834. The van der Waals surface area contributed by atoms with Crippen molar-refractivity contribution in [3.05, 3.63) is 64.4 Å². The lowest BCUT2D eigenvalue weighted by molar-refractivity contribution is 0.0737. The van der Waals surface area contributed by atoms with Crippen LogP contribution in [0, 0.1) is 6.92 Å². The van der Waals surface area contributed by atoms with Crippen LogP contribution in [0.3, 0.4) is 0 Å². The van der Waals surface area contributed by atoms with Crippen LogP contribution in [0.15, 0.2) is 42.6 Å². The summed E-state index contributed by atoms with van der Waals surface area (Å²) >= 11 is 5.94. The molecule has 0 atom stereocenters. The number of nitrogens with zero attached hydrogens (tertiary/aromatic N) is 2. The Bertz CT molecular complexity index is 610. The zero-order valence-corrected chi connectivity index (χ0v) is 13.1. The van der Waals surface area contributed by atoms with Gasteiger partial charge in [-0.15, -0.1) is 0 Å². The third kappa shape index (κ3) is 4.30. The molecule has 0 N–H and O–H groups in total. The molecule has 0 aliphatic carbocycles. The van der Waals surface area contributed by atoms with E-state index in [-0.39, 0.29) is 5.91 Å². The highest BCUT2D eigenvalue weighted by Crippen LogP contribution is 2.13. The van der Waals surface area contributed by atoms with Crippen molar-refractivity contribution in [1.82, 2.24) is 9.88 Å². The van der Waals surface area contributed by atoms with Gasteiger partial charge in [-0.1, -0.05) is 48.4 Å². The number of amides is 1. The van der Waals surface area contributed by atoms with Gasteiger partial charge in [0.05, 0.1) is 0 Å². The normalized spacial score (nSPS) is 10.4. The molecule has 0 spiro atoms. The van der Waals surface area contributed by atoms with Gasteiger partial charge in [0.1, 0.15) is 5.69 Å². The van der Waals surface area contributed by atoms with E-state index >= 15 is 0 Å². The minimum Gasteiger partial charge on any atom is -0.333 e. The molecular weight excluding hydrogens is 284 g/mol. The van der Waals surface area contributed by atoms with Gasteiger partial charge in [-0.2, -0.15) is 0 Å². The van der Waals surface area contributed by atoms with Crippen LogP contribution in [-0.2, 0) is 6.54 Å². The van der Waals surface area contributed by atoms with Gasteiger partial charge in [-0.25, -0.2) is 0 Å². The number of carbonyl (C=O) groups is 1. The molecule has 0 saturated heterocycles. The summed E-state index contributed by atoms with van der Waals surface area (Å²) in [4.78, 5) is 18.5. The Morgan fingerprint density at radius 3 is 2.57 bits per heavy atom. The zero-order valence-electron chi connectivity index (χ0n) is 12.3. The first-order chi connectivity index (χ1) is 10.1. The van der Waals surface area contributed by atoms with Crippen LogP contribution >= 0.6 is 11.6 Å². The Labute approximate surface area is 130 Å². The number of hydrogen-bond donors (Lipinski definition) is 0. The van der Waals surface area contributed by atoms with Crippen LogP contribution in [-0.4, -0.2) is 22.3 Å². The van der Waals surface area contributed by atoms with Crippen molar-refractivity contribution < 1.29 is 4.79 Å². The highest BCUT2D eigenvalue weighted by Gasteiger charge is 2.16. The van der Waals surface area contributed by atoms with Crippen molar-refractivity contribution in [2.75, 3.05) is 6.54 Å². The Morgan fingerprint density at radius 1 is 1.24 bits per heavy atom. The second-order valence-corrected chi connectivity index (χ2v) is 5.51. The van der Waals surface area contributed by atoms with Gasteiger partial charge in [0.2, 0.25) is 0 Å².